The van der Waals surface area contributed by atoms with Crippen LogP contribution >= 0.6 is 0 Å². The van der Waals surface area contributed by atoms with Crippen molar-refractivity contribution < 1.29 is 27.5 Å². The Morgan fingerprint density at radius 2 is 1.92 bits per heavy atom. The third-order valence-corrected chi connectivity index (χ3v) is 3.59. The van der Waals surface area contributed by atoms with E-state index in [1.807, 2.05) is 6.07 Å². The first-order valence-corrected chi connectivity index (χ1v) is 6.96. The van der Waals surface area contributed by atoms with Gasteiger partial charge in [0.25, 0.3) is 5.91 Å². The third kappa shape index (κ3) is 3.65. The minimum atomic E-state index is -4.46. The van der Waals surface area contributed by atoms with Crippen LogP contribution in [0.2, 0.25) is 0 Å². The lowest BCUT2D eigenvalue weighted by Crippen LogP contribution is -2.41. The summed E-state index contributed by atoms with van der Waals surface area (Å²) in [7, 11) is 0. The number of halogens is 3. The number of ether oxygens (including phenoxy) is 1. The number of carbonyl (C=O) groups excluding carboxylic acids is 2. The first kappa shape index (κ1) is 17.7. The molecule has 0 radical (unpaired) electrons. The summed E-state index contributed by atoms with van der Waals surface area (Å²) < 4.78 is 40.5. The lowest BCUT2D eigenvalue weighted by atomic mass is 9.91. The van der Waals surface area contributed by atoms with E-state index in [1.54, 1.807) is 12.1 Å². The van der Waals surface area contributed by atoms with Crippen LogP contribution in [0.15, 0.2) is 24.3 Å². The fraction of sp³-hybridized carbons (Fsp3) is 0.400. The van der Waals surface area contributed by atoms with E-state index in [0.717, 1.165) is 4.90 Å². The van der Waals surface area contributed by atoms with Gasteiger partial charge < -0.3 is 10.1 Å². The summed E-state index contributed by atoms with van der Waals surface area (Å²) in [5.41, 5.74) is -0.468. The van der Waals surface area contributed by atoms with Crippen LogP contribution in [-0.2, 0) is 15.1 Å². The van der Waals surface area contributed by atoms with Gasteiger partial charge >= 0.3 is 12.2 Å². The molecule has 9 heteroatoms. The van der Waals surface area contributed by atoms with E-state index in [4.69, 9.17) is 5.26 Å². The van der Waals surface area contributed by atoms with Gasteiger partial charge in [-0.25, -0.2) is 4.79 Å². The maximum atomic E-state index is 12.5. The van der Waals surface area contributed by atoms with E-state index in [9.17, 15) is 22.8 Å². The fourth-order valence-corrected chi connectivity index (χ4v) is 2.32. The Labute approximate surface area is 135 Å². The lowest BCUT2D eigenvalue weighted by Gasteiger charge is -2.22. The average molecular weight is 341 g/mol. The first-order chi connectivity index (χ1) is 11.2. The molecule has 128 valence electrons. The van der Waals surface area contributed by atoms with Gasteiger partial charge in [-0.2, -0.15) is 18.4 Å². The molecule has 0 spiro atoms. The van der Waals surface area contributed by atoms with E-state index in [2.05, 4.69) is 10.1 Å². The predicted octanol–water partition coefficient (Wildman–Crippen LogP) is 1.90. The van der Waals surface area contributed by atoms with E-state index in [0.29, 0.717) is 11.1 Å². The maximum Gasteiger partial charge on any atom is 0.411 e. The molecule has 0 aliphatic carbocycles. The molecule has 6 nitrogen and oxygen atoms in total. The number of carbonyl (C=O) groups is 2. The first-order valence-electron chi connectivity index (χ1n) is 6.96. The molecule has 1 aromatic carbocycles. The molecule has 0 aromatic heterocycles. The fourth-order valence-electron chi connectivity index (χ4n) is 2.32. The number of imide groups is 1. The van der Waals surface area contributed by atoms with E-state index < -0.39 is 36.9 Å². The summed E-state index contributed by atoms with van der Waals surface area (Å²) in [5, 5.41) is 11.3. The summed E-state index contributed by atoms with van der Waals surface area (Å²) in [6.07, 6.45) is -4.46. The molecule has 0 bridgehead atoms. The highest BCUT2D eigenvalue weighted by Crippen LogP contribution is 2.28. The number of nitrogens with zero attached hydrogens (tertiary/aromatic N) is 2. The predicted molar refractivity (Wildman–Crippen MR) is 75.6 cm³/mol. The van der Waals surface area contributed by atoms with Crippen LogP contribution in [0.1, 0.15) is 18.1 Å². The Bertz CT molecular complexity index is 682. The summed E-state index contributed by atoms with van der Waals surface area (Å²) in [6.45, 7) is -0.649. The zero-order valence-corrected chi connectivity index (χ0v) is 12.7. The zero-order valence-electron chi connectivity index (χ0n) is 12.7. The van der Waals surface area contributed by atoms with Gasteiger partial charge in [0, 0.05) is 0 Å². The van der Waals surface area contributed by atoms with Crippen LogP contribution in [0.3, 0.4) is 0 Å². The number of hydrogen-bond acceptors (Lipinski definition) is 4. The standard InChI is InChI=1S/C15H14F3N3O3/c1-14(11-4-2-10(8-19)3-5-11)12(22)21(13(23)20-14)6-7-24-9-15(16,17)18/h2-5H,6-7,9H2,1H3,(H,20,23). The molecule has 1 heterocycles. The van der Waals surface area contributed by atoms with Crippen molar-refractivity contribution in [3.63, 3.8) is 0 Å². The number of nitrogens with one attached hydrogen (secondary N) is 1. The Hall–Kier alpha value is -2.60. The number of nitriles is 1. The van der Waals surface area contributed by atoms with Crippen molar-refractivity contribution >= 4 is 11.9 Å². The highest BCUT2D eigenvalue weighted by atomic mass is 19.4. The van der Waals surface area contributed by atoms with Gasteiger partial charge in [-0.05, 0) is 24.6 Å². The van der Waals surface area contributed by atoms with Crippen LogP contribution < -0.4 is 5.32 Å². The molecular weight excluding hydrogens is 327 g/mol. The molecule has 1 unspecified atom stereocenters. The number of alkyl halides is 3. The minimum absolute atomic E-state index is 0.285. The van der Waals surface area contributed by atoms with Gasteiger partial charge in [0.2, 0.25) is 0 Å². The van der Waals surface area contributed by atoms with Gasteiger partial charge in [0.15, 0.2) is 0 Å². The molecular formula is C15H14F3N3O3. The zero-order chi connectivity index (χ0) is 18.0. The van der Waals surface area contributed by atoms with Crippen LogP contribution in [-0.4, -0.2) is 42.8 Å². The minimum Gasteiger partial charge on any atom is -0.370 e. The SMILES string of the molecule is CC1(c2ccc(C#N)cc2)NC(=O)N(CCOCC(F)(F)F)C1=O. The molecule has 1 atom stereocenters. The van der Waals surface area contributed by atoms with Crippen LogP contribution in [0, 0.1) is 11.3 Å². The third-order valence-electron chi connectivity index (χ3n) is 3.59. The van der Waals surface area contributed by atoms with Crippen molar-refractivity contribution in [3.8, 4) is 6.07 Å². The highest BCUT2D eigenvalue weighted by molar-refractivity contribution is 6.07. The summed E-state index contributed by atoms with van der Waals surface area (Å²) in [6, 6.07) is 7.34. The maximum absolute atomic E-state index is 12.5. The largest absolute Gasteiger partial charge is 0.411 e. The number of hydrogen-bond donors (Lipinski definition) is 1. The van der Waals surface area contributed by atoms with E-state index in [-0.39, 0.29) is 6.54 Å². The molecule has 24 heavy (non-hydrogen) atoms. The van der Waals surface area contributed by atoms with Crippen molar-refractivity contribution in [2.75, 3.05) is 19.8 Å². The molecule has 3 amide bonds. The van der Waals surface area contributed by atoms with Crippen molar-refractivity contribution in [1.82, 2.24) is 10.2 Å². The van der Waals surface area contributed by atoms with Crippen molar-refractivity contribution in [2.24, 2.45) is 0 Å². The van der Waals surface area contributed by atoms with Gasteiger partial charge in [-0.1, -0.05) is 12.1 Å². The van der Waals surface area contributed by atoms with E-state index >= 15 is 0 Å². The van der Waals surface area contributed by atoms with Crippen molar-refractivity contribution in [1.29, 1.82) is 5.26 Å². The second kappa shape index (κ2) is 6.49. The number of amides is 3. The van der Waals surface area contributed by atoms with Crippen molar-refractivity contribution in [2.45, 2.75) is 18.6 Å². The average Bonchev–Trinajstić information content (AvgIpc) is 2.74. The molecule has 1 aliphatic rings. The molecule has 0 saturated carbocycles. The number of rotatable bonds is 5. The second-order valence-corrected chi connectivity index (χ2v) is 5.37. The molecule has 1 saturated heterocycles. The second-order valence-electron chi connectivity index (χ2n) is 5.37. The summed E-state index contributed by atoms with van der Waals surface area (Å²) in [5.74, 6) is -0.590. The highest BCUT2D eigenvalue weighted by Gasteiger charge is 2.48. The normalized spacial score (nSPS) is 20.9. The molecule has 2 rings (SSSR count). The Morgan fingerprint density at radius 1 is 1.29 bits per heavy atom. The van der Waals surface area contributed by atoms with Crippen LogP contribution in [0.25, 0.3) is 0 Å². The monoisotopic (exact) mass is 341 g/mol. The number of urea groups is 1. The van der Waals surface area contributed by atoms with Gasteiger partial charge in [-0.15, -0.1) is 0 Å². The molecule has 1 aromatic rings. The van der Waals surface area contributed by atoms with Gasteiger partial charge in [0.1, 0.15) is 12.1 Å². The van der Waals surface area contributed by atoms with Crippen LogP contribution in [0.5, 0.6) is 0 Å². The Balaban J connectivity index is 2.05. The smallest absolute Gasteiger partial charge is 0.370 e. The lowest BCUT2D eigenvalue weighted by molar-refractivity contribution is -0.174. The number of benzene rings is 1. The van der Waals surface area contributed by atoms with Gasteiger partial charge in [-0.3, -0.25) is 9.69 Å². The van der Waals surface area contributed by atoms with Crippen molar-refractivity contribution in [3.05, 3.63) is 35.4 Å². The topological polar surface area (TPSA) is 82.4 Å². The van der Waals surface area contributed by atoms with E-state index in [1.165, 1.54) is 19.1 Å². The quantitative estimate of drug-likeness (QED) is 0.655. The Kier molecular flexibility index (Phi) is 4.80. The molecule has 1 N–H and O–H groups in total. The van der Waals surface area contributed by atoms with Crippen LogP contribution in [0.4, 0.5) is 18.0 Å². The molecule has 1 fully saturated rings. The summed E-state index contributed by atoms with van der Waals surface area (Å²) >= 11 is 0. The van der Waals surface area contributed by atoms with Gasteiger partial charge in [0.05, 0.1) is 24.8 Å². The summed E-state index contributed by atoms with van der Waals surface area (Å²) in [4.78, 5) is 25.2. The Morgan fingerprint density at radius 3 is 2.46 bits per heavy atom. The molecule has 1 aliphatic heterocycles.